The molecule has 2 aliphatic carbocycles. The third kappa shape index (κ3) is 5.80. The summed E-state index contributed by atoms with van der Waals surface area (Å²) in [7, 11) is -3.42. The van der Waals surface area contributed by atoms with E-state index >= 15 is 0 Å². The molecule has 1 amide bonds. The summed E-state index contributed by atoms with van der Waals surface area (Å²) in [5.74, 6) is -5.21. The fraction of sp³-hybridized carbons (Fsp3) is 0.435. The van der Waals surface area contributed by atoms with Crippen molar-refractivity contribution in [1.82, 2.24) is 4.72 Å². The summed E-state index contributed by atoms with van der Waals surface area (Å²) in [4.78, 5) is 13.3. The summed E-state index contributed by atoms with van der Waals surface area (Å²) in [5, 5.41) is 14.1. The molecule has 2 aromatic carbocycles. The molecule has 2 aromatic rings. The maximum absolute atomic E-state index is 13.5. The van der Waals surface area contributed by atoms with Crippen molar-refractivity contribution in [3.63, 3.8) is 0 Å². The van der Waals surface area contributed by atoms with Crippen molar-refractivity contribution in [2.45, 2.75) is 41.4 Å². The van der Waals surface area contributed by atoms with Crippen LogP contribution in [0.15, 0.2) is 35.2 Å². The van der Waals surface area contributed by atoms with E-state index in [1.165, 1.54) is 17.8 Å². The monoisotopic (exact) mass is 548 g/mol. The van der Waals surface area contributed by atoms with E-state index in [9.17, 15) is 31.5 Å². The van der Waals surface area contributed by atoms with Crippen LogP contribution in [0.3, 0.4) is 0 Å². The van der Waals surface area contributed by atoms with Crippen molar-refractivity contribution in [3.8, 4) is 0 Å². The second-order valence-corrected chi connectivity index (χ2v) is 12.7. The molecular weight excluding hydrogens is 525 g/mol. The zero-order valence-electron chi connectivity index (χ0n) is 18.7. The number of anilines is 1. The Hall–Kier alpha value is -1.79. The lowest BCUT2D eigenvalue weighted by atomic mass is 9.74. The zero-order chi connectivity index (χ0) is 25.5. The first-order valence-electron chi connectivity index (χ1n) is 10.9. The molecule has 0 saturated heterocycles. The molecule has 12 heteroatoms. The van der Waals surface area contributed by atoms with Gasteiger partial charge in [-0.05, 0) is 55.7 Å². The van der Waals surface area contributed by atoms with Gasteiger partial charge in [-0.1, -0.05) is 11.6 Å². The van der Waals surface area contributed by atoms with Crippen LogP contribution in [0.1, 0.15) is 36.0 Å². The molecule has 4 atom stereocenters. The van der Waals surface area contributed by atoms with Gasteiger partial charge in [0, 0.05) is 40.1 Å². The predicted octanol–water partition coefficient (Wildman–Crippen LogP) is 4.57. The van der Waals surface area contributed by atoms with Gasteiger partial charge in [0.2, 0.25) is 10.0 Å². The third-order valence-electron chi connectivity index (χ3n) is 6.72. The molecule has 4 rings (SSSR count). The first-order chi connectivity index (χ1) is 16.4. The summed E-state index contributed by atoms with van der Waals surface area (Å²) in [5.41, 5.74) is -1.11. The minimum Gasteiger partial charge on any atom is -0.388 e. The number of halogens is 4. The van der Waals surface area contributed by atoms with Crippen molar-refractivity contribution in [2.24, 2.45) is 11.8 Å². The third-order valence-corrected chi connectivity index (χ3v) is 9.14. The van der Waals surface area contributed by atoms with E-state index < -0.39 is 39.0 Å². The van der Waals surface area contributed by atoms with E-state index in [-0.39, 0.29) is 34.9 Å². The van der Waals surface area contributed by atoms with Gasteiger partial charge >= 0.3 is 0 Å². The van der Waals surface area contributed by atoms with Crippen LogP contribution in [0.5, 0.6) is 0 Å². The van der Waals surface area contributed by atoms with Gasteiger partial charge in [-0.3, -0.25) is 4.79 Å². The lowest BCUT2D eigenvalue weighted by Gasteiger charge is -2.42. The van der Waals surface area contributed by atoms with Crippen LogP contribution in [-0.4, -0.2) is 43.1 Å². The Morgan fingerprint density at radius 2 is 1.74 bits per heavy atom. The molecule has 3 N–H and O–H groups in total. The molecular formula is C23H24ClF3N2O4S2. The highest BCUT2D eigenvalue weighted by atomic mass is 35.5. The number of rotatable bonds is 7. The highest BCUT2D eigenvalue weighted by Crippen LogP contribution is 2.53. The van der Waals surface area contributed by atoms with Crippen molar-refractivity contribution in [1.29, 1.82) is 0 Å². The molecule has 3 unspecified atom stereocenters. The van der Waals surface area contributed by atoms with Gasteiger partial charge < -0.3 is 10.4 Å². The average molecular weight is 549 g/mol. The molecule has 0 aromatic heterocycles. The van der Waals surface area contributed by atoms with Crippen LogP contribution in [0, 0.1) is 29.3 Å². The largest absolute Gasteiger partial charge is 0.388 e. The second kappa shape index (κ2) is 9.93. The minimum absolute atomic E-state index is 0.0143. The summed E-state index contributed by atoms with van der Waals surface area (Å²) < 4.78 is 65.6. The number of carbonyl (C=O) groups excluding carboxylic acids is 1. The Balaban J connectivity index is 1.45. The highest BCUT2D eigenvalue weighted by Gasteiger charge is 2.53. The molecule has 2 aliphatic rings. The molecule has 2 saturated carbocycles. The number of carbonyl (C=O) groups is 1. The summed E-state index contributed by atoms with van der Waals surface area (Å²) in [6.45, 7) is -0.0143. The Morgan fingerprint density at radius 3 is 2.31 bits per heavy atom. The van der Waals surface area contributed by atoms with Crippen molar-refractivity contribution >= 4 is 45.0 Å². The number of nitrogens with one attached hydrogen (secondary N) is 2. The molecule has 6 nitrogen and oxygen atoms in total. The SMILES string of the molecule is CS(=O)(=O)NCC1(O)C2CC[C@H]1CC(Sc1cc(C(=O)Nc3cc(F)c(F)c(F)c3)ccc1Cl)C2. The molecule has 190 valence electrons. The summed E-state index contributed by atoms with van der Waals surface area (Å²) in [6.07, 6.45) is 3.97. The quantitative estimate of drug-likeness (QED) is 0.441. The number of hydrogen-bond acceptors (Lipinski definition) is 5. The summed E-state index contributed by atoms with van der Waals surface area (Å²) >= 11 is 7.84. The number of amides is 1. The number of hydrogen-bond donors (Lipinski definition) is 3. The fourth-order valence-corrected chi connectivity index (χ4v) is 7.12. The first kappa shape index (κ1) is 26.3. The van der Waals surface area contributed by atoms with Gasteiger partial charge in [0.05, 0.1) is 16.9 Å². The van der Waals surface area contributed by atoms with Crippen LogP contribution < -0.4 is 10.0 Å². The second-order valence-electron chi connectivity index (χ2n) is 9.12. The molecule has 35 heavy (non-hydrogen) atoms. The number of benzene rings is 2. The Labute approximate surface area is 210 Å². The standard InChI is InChI=1S/C23H24ClF3N2O4S2/c1-35(32,33)28-11-23(31)13-3-4-14(23)8-16(7-13)34-20-6-12(2-5-17(20)24)22(30)29-15-9-18(25)21(27)19(26)10-15/h2,5-6,9-10,13-14,16,28,31H,3-4,7-8,11H2,1H3,(H,29,30)/t13-,14?,16?,23?/m0/s1. The maximum Gasteiger partial charge on any atom is 0.255 e. The van der Waals surface area contributed by atoms with Crippen molar-refractivity contribution < 1.29 is 31.5 Å². The van der Waals surface area contributed by atoms with Crippen LogP contribution in [0.25, 0.3) is 0 Å². The number of sulfonamides is 1. The van der Waals surface area contributed by atoms with Gasteiger partial charge in [0.15, 0.2) is 17.5 Å². The molecule has 0 radical (unpaired) electrons. The lowest BCUT2D eigenvalue weighted by molar-refractivity contribution is -0.0519. The van der Waals surface area contributed by atoms with Gasteiger partial charge in [0.25, 0.3) is 5.91 Å². The molecule has 2 fully saturated rings. The van der Waals surface area contributed by atoms with E-state index in [0.717, 1.165) is 19.1 Å². The van der Waals surface area contributed by atoms with E-state index in [2.05, 4.69) is 10.0 Å². The van der Waals surface area contributed by atoms with Crippen LogP contribution in [0.4, 0.5) is 18.9 Å². The van der Waals surface area contributed by atoms with E-state index in [0.29, 0.717) is 34.9 Å². The Morgan fingerprint density at radius 1 is 1.14 bits per heavy atom. The normalized spacial score (nSPS) is 26.1. The Bertz CT molecular complexity index is 1220. The van der Waals surface area contributed by atoms with Crippen LogP contribution >= 0.6 is 23.4 Å². The predicted molar refractivity (Wildman–Crippen MR) is 129 cm³/mol. The van der Waals surface area contributed by atoms with E-state index in [4.69, 9.17) is 11.6 Å². The maximum atomic E-state index is 13.5. The zero-order valence-corrected chi connectivity index (χ0v) is 21.0. The van der Waals surface area contributed by atoms with Gasteiger partial charge in [-0.2, -0.15) is 0 Å². The number of thioether (sulfide) groups is 1. The van der Waals surface area contributed by atoms with Gasteiger partial charge in [0.1, 0.15) is 0 Å². The number of fused-ring (bicyclic) bond motifs is 2. The Kier molecular flexibility index (Phi) is 7.46. The lowest BCUT2D eigenvalue weighted by Crippen LogP contribution is -2.53. The van der Waals surface area contributed by atoms with Crippen LogP contribution in [-0.2, 0) is 10.0 Å². The van der Waals surface area contributed by atoms with Gasteiger partial charge in [-0.25, -0.2) is 26.3 Å². The minimum atomic E-state index is -3.42. The molecule has 0 aliphatic heterocycles. The highest BCUT2D eigenvalue weighted by molar-refractivity contribution is 8.00. The smallest absolute Gasteiger partial charge is 0.255 e. The molecule has 0 heterocycles. The molecule has 0 spiro atoms. The summed E-state index contributed by atoms with van der Waals surface area (Å²) in [6, 6.07) is 5.98. The van der Waals surface area contributed by atoms with E-state index in [1.54, 1.807) is 12.1 Å². The first-order valence-corrected chi connectivity index (χ1v) is 14.1. The van der Waals surface area contributed by atoms with Crippen molar-refractivity contribution in [2.75, 3.05) is 18.1 Å². The fourth-order valence-electron chi connectivity index (χ4n) is 4.99. The topological polar surface area (TPSA) is 95.5 Å². The van der Waals surface area contributed by atoms with Crippen LogP contribution in [0.2, 0.25) is 5.02 Å². The van der Waals surface area contributed by atoms with Crippen molar-refractivity contribution in [3.05, 3.63) is 58.4 Å². The van der Waals surface area contributed by atoms with E-state index in [1.807, 2.05) is 0 Å². The number of aliphatic hydroxyl groups is 1. The molecule has 2 bridgehead atoms. The average Bonchev–Trinajstić information content (AvgIpc) is 2.93. The van der Waals surface area contributed by atoms with Gasteiger partial charge in [-0.15, -0.1) is 11.8 Å².